The fraction of sp³-hybridized carbons (Fsp3) is 0.242. The van der Waals surface area contributed by atoms with Crippen molar-refractivity contribution in [2.75, 3.05) is 19.0 Å². The lowest BCUT2D eigenvalue weighted by atomic mass is 9.96. The molecule has 0 spiro atoms. The molecular weight excluding hydrogens is 548 g/mol. The van der Waals surface area contributed by atoms with Crippen LogP contribution in [0, 0.1) is 12.8 Å². The van der Waals surface area contributed by atoms with Crippen molar-refractivity contribution in [2.45, 2.75) is 32.7 Å². The van der Waals surface area contributed by atoms with E-state index >= 15 is 0 Å². The molecule has 0 amide bonds. The highest BCUT2D eigenvalue weighted by molar-refractivity contribution is 6.36. The van der Waals surface area contributed by atoms with Gasteiger partial charge in [-0.2, -0.15) is 0 Å². The SMILES string of the molecule is COc1nc(-c2cccc(-c3cccc(Nc4ncnc5cccnc45)c3C)c2Cl)ccc1CNC[C@@H]1CCC(=O)C1. The van der Waals surface area contributed by atoms with Crippen molar-refractivity contribution in [1.29, 1.82) is 0 Å². The summed E-state index contributed by atoms with van der Waals surface area (Å²) in [6, 6.07) is 19.8. The molecule has 8 nitrogen and oxygen atoms in total. The van der Waals surface area contributed by atoms with E-state index in [0.717, 1.165) is 57.7 Å². The number of ether oxygens (including phenoxy) is 1. The molecule has 5 aromatic rings. The first-order valence-electron chi connectivity index (χ1n) is 14.0. The summed E-state index contributed by atoms with van der Waals surface area (Å²) < 4.78 is 5.65. The molecule has 3 aromatic heterocycles. The summed E-state index contributed by atoms with van der Waals surface area (Å²) >= 11 is 7.07. The van der Waals surface area contributed by atoms with E-state index in [0.29, 0.717) is 53.3 Å². The second kappa shape index (κ2) is 12.2. The number of benzene rings is 2. The summed E-state index contributed by atoms with van der Waals surface area (Å²) in [4.78, 5) is 29.6. The van der Waals surface area contributed by atoms with Gasteiger partial charge in [-0.1, -0.05) is 48.0 Å². The third-order valence-electron chi connectivity index (χ3n) is 7.77. The van der Waals surface area contributed by atoms with Crippen LogP contribution >= 0.6 is 11.6 Å². The molecular formula is C33H31ClN6O2. The number of hydrogen-bond donors (Lipinski definition) is 2. The van der Waals surface area contributed by atoms with E-state index in [2.05, 4.69) is 38.6 Å². The molecule has 2 aromatic carbocycles. The molecule has 1 saturated carbocycles. The predicted octanol–water partition coefficient (Wildman–Crippen LogP) is 6.93. The molecule has 1 aliphatic rings. The average molecular weight is 579 g/mol. The highest BCUT2D eigenvalue weighted by Crippen LogP contribution is 2.39. The topological polar surface area (TPSA) is 102 Å². The van der Waals surface area contributed by atoms with Crippen LogP contribution in [0.15, 0.2) is 73.2 Å². The molecule has 1 atom stereocenters. The number of methoxy groups -OCH3 is 1. The molecule has 3 heterocycles. The fourth-order valence-electron chi connectivity index (χ4n) is 5.52. The summed E-state index contributed by atoms with van der Waals surface area (Å²) in [7, 11) is 1.63. The first-order chi connectivity index (χ1) is 20.5. The van der Waals surface area contributed by atoms with E-state index in [9.17, 15) is 4.79 Å². The monoisotopic (exact) mass is 578 g/mol. The van der Waals surface area contributed by atoms with Crippen LogP contribution in [0.25, 0.3) is 33.4 Å². The largest absolute Gasteiger partial charge is 0.481 e. The van der Waals surface area contributed by atoms with Crippen LogP contribution in [-0.4, -0.2) is 39.4 Å². The smallest absolute Gasteiger partial charge is 0.218 e. The molecule has 9 heteroatoms. The van der Waals surface area contributed by atoms with E-state index < -0.39 is 0 Å². The number of halogens is 1. The zero-order valence-electron chi connectivity index (χ0n) is 23.5. The van der Waals surface area contributed by atoms with Gasteiger partial charge in [0.25, 0.3) is 0 Å². The number of anilines is 2. The molecule has 0 saturated heterocycles. The second-order valence-electron chi connectivity index (χ2n) is 10.5. The maximum atomic E-state index is 11.6. The third kappa shape index (κ3) is 5.68. The Bertz CT molecular complexity index is 1770. The predicted molar refractivity (Wildman–Crippen MR) is 166 cm³/mol. The van der Waals surface area contributed by atoms with Gasteiger partial charge < -0.3 is 15.4 Å². The Morgan fingerprint density at radius 2 is 1.81 bits per heavy atom. The van der Waals surface area contributed by atoms with Gasteiger partial charge in [0.15, 0.2) is 5.82 Å². The molecule has 1 fully saturated rings. The van der Waals surface area contributed by atoms with Crippen molar-refractivity contribution in [2.24, 2.45) is 5.92 Å². The van der Waals surface area contributed by atoms with Gasteiger partial charge in [-0.3, -0.25) is 9.78 Å². The quantitative estimate of drug-likeness (QED) is 0.194. The lowest BCUT2D eigenvalue weighted by molar-refractivity contribution is -0.117. The average Bonchev–Trinajstić information content (AvgIpc) is 3.43. The van der Waals surface area contributed by atoms with Gasteiger partial charge in [0.05, 0.1) is 23.3 Å². The molecule has 0 unspecified atom stereocenters. The number of pyridine rings is 2. The Labute approximate surface area is 249 Å². The van der Waals surface area contributed by atoms with Gasteiger partial charge in [-0.05, 0) is 61.2 Å². The Hall–Kier alpha value is -4.40. The number of aromatic nitrogens is 4. The maximum Gasteiger partial charge on any atom is 0.218 e. The van der Waals surface area contributed by atoms with Crippen molar-refractivity contribution in [3.8, 4) is 28.3 Å². The standard InChI is InChI=1S/C33H31ClN6O2/c1-20-24(6-4-9-27(20)39-32-31-29(37-19-38-32)10-5-15-36-31)25-7-3-8-26(30(25)34)28-14-12-22(33(40-28)42-2)18-35-17-21-11-13-23(41)16-21/h3-10,12,14-15,19,21,35H,11,13,16-18H2,1-2H3,(H,37,38,39)/t21-/m1/s1. The minimum Gasteiger partial charge on any atom is -0.481 e. The van der Waals surface area contributed by atoms with Crippen molar-refractivity contribution in [3.63, 3.8) is 0 Å². The lowest BCUT2D eigenvalue weighted by Crippen LogP contribution is -2.21. The number of ketones is 1. The van der Waals surface area contributed by atoms with E-state index in [1.165, 1.54) is 6.33 Å². The first-order valence-corrected chi connectivity index (χ1v) is 14.4. The minimum atomic E-state index is 0.361. The third-order valence-corrected chi connectivity index (χ3v) is 8.18. The molecule has 6 rings (SSSR count). The van der Waals surface area contributed by atoms with Crippen molar-refractivity contribution in [3.05, 3.63) is 89.3 Å². The fourth-order valence-corrected chi connectivity index (χ4v) is 5.84. The van der Waals surface area contributed by atoms with Crippen LogP contribution in [0.4, 0.5) is 11.5 Å². The summed E-state index contributed by atoms with van der Waals surface area (Å²) in [5.74, 6) is 1.96. The number of hydrogen-bond acceptors (Lipinski definition) is 8. The molecule has 2 N–H and O–H groups in total. The van der Waals surface area contributed by atoms with Crippen LogP contribution in [0.1, 0.15) is 30.4 Å². The Morgan fingerprint density at radius 1 is 0.976 bits per heavy atom. The Kier molecular flexibility index (Phi) is 8.08. The highest BCUT2D eigenvalue weighted by Gasteiger charge is 2.22. The van der Waals surface area contributed by atoms with Crippen LogP contribution in [0.2, 0.25) is 5.02 Å². The number of rotatable bonds is 9. The minimum absolute atomic E-state index is 0.361. The van der Waals surface area contributed by atoms with Gasteiger partial charge in [-0.25, -0.2) is 15.0 Å². The van der Waals surface area contributed by atoms with Gasteiger partial charge in [0.1, 0.15) is 17.6 Å². The molecule has 0 bridgehead atoms. The van der Waals surface area contributed by atoms with Crippen LogP contribution < -0.4 is 15.4 Å². The van der Waals surface area contributed by atoms with Crippen molar-refractivity contribution >= 4 is 39.9 Å². The molecule has 212 valence electrons. The zero-order chi connectivity index (χ0) is 29.1. The lowest BCUT2D eigenvalue weighted by Gasteiger charge is -2.17. The molecule has 0 radical (unpaired) electrons. The van der Waals surface area contributed by atoms with E-state index in [1.54, 1.807) is 13.3 Å². The van der Waals surface area contributed by atoms with Gasteiger partial charge >= 0.3 is 0 Å². The van der Waals surface area contributed by atoms with Crippen LogP contribution in [0.3, 0.4) is 0 Å². The summed E-state index contributed by atoms with van der Waals surface area (Å²) in [6.07, 6.45) is 5.59. The van der Waals surface area contributed by atoms with Crippen molar-refractivity contribution < 1.29 is 9.53 Å². The summed E-state index contributed by atoms with van der Waals surface area (Å²) in [5, 5.41) is 7.51. The Morgan fingerprint density at radius 3 is 2.64 bits per heavy atom. The van der Waals surface area contributed by atoms with Gasteiger partial charge in [-0.15, -0.1) is 0 Å². The summed E-state index contributed by atoms with van der Waals surface area (Å²) in [5.41, 5.74) is 7.81. The molecule has 1 aliphatic carbocycles. The number of Topliss-reactive ketones (excluding diaryl/α,β-unsaturated/α-hetero) is 1. The van der Waals surface area contributed by atoms with Crippen LogP contribution in [-0.2, 0) is 11.3 Å². The van der Waals surface area contributed by atoms with E-state index in [4.69, 9.17) is 21.3 Å². The van der Waals surface area contributed by atoms with Crippen molar-refractivity contribution in [1.82, 2.24) is 25.3 Å². The highest BCUT2D eigenvalue weighted by atomic mass is 35.5. The number of carbonyl (C=O) groups excluding carboxylic acids is 1. The Balaban J connectivity index is 1.26. The molecule has 0 aliphatic heterocycles. The first kappa shape index (κ1) is 27.8. The molecule has 42 heavy (non-hydrogen) atoms. The number of nitrogens with one attached hydrogen (secondary N) is 2. The zero-order valence-corrected chi connectivity index (χ0v) is 24.3. The van der Waals surface area contributed by atoms with Crippen LogP contribution in [0.5, 0.6) is 5.88 Å². The van der Waals surface area contributed by atoms with E-state index in [1.807, 2.05) is 54.6 Å². The number of carbonyl (C=O) groups is 1. The number of fused-ring (bicyclic) bond motifs is 1. The normalized spacial score (nSPS) is 14.8. The number of nitrogens with zero attached hydrogens (tertiary/aromatic N) is 4. The second-order valence-corrected chi connectivity index (χ2v) is 10.9. The van der Waals surface area contributed by atoms with Gasteiger partial charge in [0.2, 0.25) is 5.88 Å². The maximum absolute atomic E-state index is 11.6. The van der Waals surface area contributed by atoms with E-state index in [-0.39, 0.29) is 0 Å². The van der Waals surface area contributed by atoms with Gasteiger partial charge in [0, 0.05) is 48.0 Å². The summed E-state index contributed by atoms with van der Waals surface area (Å²) in [6.45, 7) is 3.48.